The average molecular weight is 328 g/mol. The lowest BCUT2D eigenvalue weighted by Crippen LogP contribution is -2.41. The molecule has 0 radical (unpaired) electrons. The Morgan fingerprint density at radius 3 is 1.95 bits per heavy atom. The molecule has 0 heterocycles. The van der Waals surface area contributed by atoms with E-state index in [4.69, 9.17) is 0 Å². The zero-order valence-corrected chi connectivity index (χ0v) is 14.5. The van der Waals surface area contributed by atoms with Crippen LogP contribution in [0.3, 0.4) is 0 Å². The summed E-state index contributed by atoms with van der Waals surface area (Å²) in [7, 11) is 3.29. The van der Waals surface area contributed by atoms with Crippen molar-refractivity contribution in [1.82, 2.24) is 9.03 Å². The normalized spacial score (nSPS) is 11.5. The van der Waals surface area contributed by atoms with Crippen molar-refractivity contribution in [3.05, 3.63) is 24.3 Å². The second kappa shape index (κ2) is 7.57. The molecule has 0 saturated heterocycles. The van der Waals surface area contributed by atoms with Crippen LogP contribution in [0.2, 0.25) is 0 Å². The highest BCUT2D eigenvalue weighted by molar-refractivity contribution is 7.87. The van der Waals surface area contributed by atoms with E-state index in [2.05, 4.69) is 4.72 Å². The first-order chi connectivity index (χ1) is 10.1. The first-order valence-electron chi connectivity index (χ1n) is 6.87. The topological polar surface area (TPSA) is 73.0 Å². The van der Waals surface area contributed by atoms with E-state index in [1.165, 1.54) is 25.9 Å². The highest BCUT2D eigenvalue weighted by Crippen LogP contribution is 2.19. The molecule has 0 aromatic heterocycles. The Bertz CT molecular complexity index is 597. The fourth-order valence-electron chi connectivity index (χ4n) is 1.81. The van der Waals surface area contributed by atoms with Crippen LogP contribution in [-0.4, -0.2) is 59.9 Å². The summed E-state index contributed by atoms with van der Waals surface area (Å²) in [5.74, 6) is -0.137. The van der Waals surface area contributed by atoms with E-state index in [0.29, 0.717) is 0 Å². The van der Waals surface area contributed by atoms with E-state index in [0.717, 1.165) is 15.7 Å². The van der Waals surface area contributed by atoms with Gasteiger partial charge in [0.05, 0.1) is 0 Å². The minimum Gasteiger partial charge on any atom is -0.378 e. The molecule has 0 aliphatic rings. The fourth-order valence-corrected chi connectivity index (χ4v) is 2.42. The molecule has 1 amide bonds. The molecule has 1 aromatic carbocycles. The van der Waals surface area contributed by atoms with Gasteiger partial charge in [-0.05, 0) is 24.3 Å². The molecule has 22 heavy (non-hydrogen) atoms. The summed E-state index contributed by atoms with van der Waals surface area (Å²) in [5, 5.41) is 0. The molecule has 1 rings (SSSR count). The van der Waals surface area contributed by atoms with Gasteiger partial charge in [0.25, 0.3) is 10.2 Å². The predicted molar refractivity (Wildman–Crippen MR) is 89.4 cm³/mol. The van der Waals surface area contributed by atoms with Crippen molar-refractivity contribution in [2.75, 3.05) is 51.1 Å². The number of nitrogens with zero attached hydrogens (tertiary/aromatic N) is 3. The van der Waals surface area contributed by atoms with E-state index < -0.39 is 10.2 Å². The van der Waals surface area contributed by atoms with Crippen molar-refractivity contribution in [2.24, 2.45) is 0 Å². The number of hydrogen-bond donors (Lipinski definition) is 1. The molecular weight excluding hydrogens is 304 g/mol. The van der Waals surface area contributed by atoms with Crippen LogP contribution < -0.4 is 14.5 Å². The monoisotopic (exact) mass is 328 g/mol. The second-order valence-corrected chi connectivity index (χ2v) is 7.23. The average Bonchev–Trinajstić information content (AvgIpc) is 2.43. The van der Waals surface area contributed by atoms with Gasteiger partial charge in [0, 0.05) is 59.6 Å². The Hall–Kier alpha value is -1.64. The van der Waals surface area contributed by atoms with Crippen molar-refractivity contribution >= 4 is 27.5 Å². The maximum absolute atomic E-state index is 11.8. The van der Waals surface area contributed by atoms with E-state index in [9.17, 15) is 13.2 Å². The Balaban J connectivity index is 2.76. The van der Waals surface area contributed by atoms with Crippen LogP contribution in [-0.2, 0) is 15.0 Å². The van der Waals surface area contributed by atoms with E-state index in [-0.39, 0.29) is 19.0 Å². The molecule has 1 aromatic rings. The van der Waals surface area contributed by atoms with Crippen LogP contribution in [0.4, 0.5) is 11.4 Å². The summed E-state index contributed by atoms with van der Waals surface area (Å²) in [6.45, 7) is 1.87. The molecule has 0 aliphatic carbocycles. The van der Waals surface area contributed by atoms with Crippen molar-refractivity contribution in [3.8, 4) is 0 Å². The van der Waals surface area contributed by atoms with E-state index in [1.54, 1.807) is 0 Å². The van der Waals surface area contributed by atoms with Gasteiger partial charge in [-0.2, -0.15) is 12.7 Å². The number of rotatable bonds is 7. The lowest BCUT2D eigenvalue weighted by atomic mass is 10.2. The summed E-state index contributed by atoms with van der Waals surface area (Å²) >= 11 is 0. The molecule has 0 spiro atoms. The smallest absolute Gasteiger partial charge is 0.278 e. The third kappa shape index (κ3) is 4.97. The summed E-state index contributed by atoms with van der Waals surface area (Å²) in [6.07, 6.45) is 0. The third-order valence-corrected chi connectivity index (χ3v) is 4.69. The van der Waals surface area contributed by atoms with E-state index in [1.807, 2.05) is 43.3 Å². The maximum Gasteiger partial charge on any atom is 0.278 e. The van der Waals surface area contributed by atoms with Crippen LogP contribution >= 0.6 is 0 Å². The van der Waals surface area contributed by atoms with Gasteiger partial charge in [0.15, 0.2) is 0 Å². The summed E-state index contributed by atoms with van der Waals surface area (Å²) in [5.41, 5.74) is 1.77. The number of amides is 1. The first kappa shape index (κ1) is 18.4. The van der Waals surface area contributed by atoms with Crippen LogP contribution in [0, 0.1) is 0 Å². The molecule has 1 N–H and O–H groups in total. The number of nitrogens with one attached hydrogen (secondary N) is 1. The van der Waals surface area contributed by atoms with Crippen molar-refractivity contribution in [3.63, 3.8) is 0 Å². The lowest BCUT2D eigenvalue weighted by Gasteiger charge is -2.23. The second-order valence-electron chi connectivity index (χ2n) is 5.26. The van der Waals surface area contributed by atoms with Crippen LogP contribution in [0.25, 0.3) is 0 Å². The molecule has 0 bridgehead atoms. The fraction of sp³-hybridized carbons (Fsp3) is 0.500. The van der Waals surface area contributed by atoms with Crippen molar-refractivity contribution in [1.29, 1.82) is 0 Å². The van der Waals surface area contributed by atoms with Gasteiger partial charge in [-0.3, -0.25) is 4.79 Å². The quantitative estimate of drug-likeness (QED) is 0.791. The van der Waals surface area contributed by atoms with Gasteiger partial charge >= 0.3 is 0 Å². The van der Waals surface area contributed by atoms with Gasteiger partial charge in [-0.25, -0.2) is 4.72 Å². The number of carbonyl (C=O) groups excluding carboxylic acids is 1. The Labute approximate surface area is 132 Å². The number of anilines is 2. The summed E-state index contributed by atoms with van der Waals surface area (Å²) in [6, 6.07) is 7.51. The molecule has 0 atom stereocenters. The standard InChI is InChI=1S/C14H24N4O3S/c1-12(19)18(11-10-15-22(20,21)17(4)5)14-8-6-13(7-9-14)16(2)3/h6-9,15H,10-11H2,1-5H3. The zero-order valence-electron chi connectivity index (χ0n) is 13.7. The summed E-state index contributed by atoms with van der Waals surface area (Å²) in [4.78, 5) is 15.3. The minimum absolute atomic E-state index is 0.137. The SMILES string of the molecule is CC(=O)N(CCNS(=O)(=O)N(C)C)c1ccc(N(C)C)cc1. The van der Waals surface area contributed by atoms with Crippen LogP contribution in [0.1, 0.15) is 6.92 Å². The van der Waals surface area contributed by atoms with Gasteiger partial charge in [0.1, 0.15) is 0 Å². The van der Waals surface area contributed by atoms with E-state index >= 15 is 0 Å². The molecular formula is C14H24N4O3S. The zero-order chi connectivity index (χ0) is 16.9. The van der Waals surface area contributed by atoms with Crippen molar-refractivity contribution in [2.45, 2.75) is 6.92 Å². The largest absolute Gasteiger partial charge is 0.378 e. The number of hydrogen-bond acceptors (Lipinski definition) is 4. The molecule has 8 heteroatoms. The highest BCUT2D eigenvalue weighted by atomic mass is 32.2. The number of carbonyl (C=O) groups is 1. The molecule has 0 fully saturated rings. The van der Waals surface area contributed by atoms with Gasteiger partial charge in [-0.15, -0.1) is 0 Å². The number of benzene rings is 1. The van der Waals surface area contributed by atoms with Gasteiger partial charge in [-0.1, -0.05) is 0 Å². The Kier molecular flexibility index (Phi) is 6.34. The van der Waals surface area contributed by atoms with Crippen LogP contribution in [0.5, 0.6) is 0 Å². The first-order valence-corrected chi connectivity index (χ1v) is 8.32. The molecule has 0 saturated carbocycles. The third-order valence-electron chi connectivity index (χ3n) is 3.16. The molecule has 0 unspecified atom stereocenters. The Morgan fingerprint density at radius 1 is 1.05 bits per heavy atom. The Morgan fingerprint density at radius 2 is 1.55 bits per heavy atom. The van der Waals surface area contributed by atoms with Crippen LogP contribution in [0.15, 0.2) is 24.3 Å². The van der Waals surface area contributed by atoms with Gasteiger partial charge < -0.3 is 9.80 Å². The molecule has 124 valence electrons. The highest BCUT2D eigenvalue weighted by Gasteiger charge is 2.15. The minimum atomic E-state index is -3.48. The molecule has 0 aliphatic heterocycles. The van der Waals surface area contributed by atoms with Crippen molar-refractivity contribution < 1.29 is 13.2 Å². The maximum atomic E-state index is 11.8. The summed E-state index contributed by atoms with van der Waals surface area (Å²) < 4.78 is 26.8. The lowest BCUT2D eigenvalue weighted by molar-refractivity contribution is -0.116. The predicted octanol–water partition coefficient (Wildman–Crippen LogP) is 0.502. The molecule has 7 nitrogen and oxygen atoms in total. The van der Waals surface area contributed by atoms with Gasteiger partial charge in [0.2, 0.25) is 5.91 Å².